The number of likely N-dealkylation sites (N-methyl/N-ethyl adjacent to an activating group) is 1. The zero-order chi connectivity index (χ0) is 17.7. The molecule has 0 spiro atoms. The summed E-state index contributed by atoms with van der Waals surface area (Å²) >= 11 is 0. The van der Waals surface area contributed by atoms with Gasteiger partial charge >= 0.3 is 0 Å². The van der Waals surface area contributed by atoms with E-state index in [1.54, 1.807) is 31.4 Å². The zero-order valence-corrected chi connectivity index (χ0v) is 15.0. The highest BCUT2D eigenvalue weighted by molar-refractivity contribution is 5.97. The van der Waals surface area contributed by atoms with Gasteiger partial charge in [-0.3, -0.25) is 9.59 Å². The summed E-state index contributed by atoms with van der Waals surface area (Å²) in [7, 11) is 3.44. The third-order valence-electron chi connectivity index (χ3n) is 4.79. The van der Waals surface area contributed by atoms with Crippen molar-refractivity contribution < 1.29 is 14.3 Å². The normalized spacial score (nSPS) is 16.0. The molecule has 1 fully saturated rings. The Balaban J connectivity index is 2.06. The topological polar surface area (TPSA) is 58.6 Å². The molecule has 2 amide bonds. The van der Waals surface area contributed by atoms with Gasteiger partial charge < -0.3 is 15.0 Å². The van der Waals surface area contributed by atoms with E-state index in [4.69, 9.17) is 4.74 Å². The first-order valence-electron chi connectivity index (χ1n) is 8.65. The maximum Gasteiger partial charge on any atom is 0.251 e. The Bertz CT molecular complexity index is 562. The molecule has 0 aromatic heterocycles. The van der Waals surface area contributed by atoms with Crippen LogP contribution in [0, 0.1) is 5.92 Å². The quantitative estimate of drug-likeness (QED) is 0.871. The standard InChI is InChI=1S/C19H28N2O3/c1-13(2)17(19(23)21(3)15-7-5-6-8-15)20-18(22)14-9-11-16(24-4)12-10-14/h9-13,15,17H,5-8H2,1-4H3,(H,20,22)/t17-/m1/s1. The lowest BCUT2D eigenvalue weighted by Gasteiger charge is -2.31. The van der Waals surface area contributed by atoms with E-state index in [9.17, 15) is 9.59 Å². The van der Waals surface area contributed by atoms with Crippen molar-refractivity contribution in [2.45, 2.75) is 51.6 Å². The first kappa shape index (κ1) is 18.3. The first-order valence-corrected chi connectivity index (χ1v) is 8.65. The van der Waals surface area contributed by atoms with Crippen LogP contribution in [0.2, 0.25) is 0 Å². The summed E-state index contributed by atoms with van der Waals surface area (Å²) in [6.45, 7) is 3.92. The average Bonchev–Trinajstić information content (AvgIpc) is 3.12. The molecule has 1 aromatic rings. The van der Waals surface area contributed by atoms with Crippen molar-refractivity contribution in [3.05, 3.63) is 29.8 Å². The number of methoxy groups -OCH3 is 1. The summed E-state index contributed by atoms with van der Waals surface area (Å²) in [5.41, 5.74) is 0.526. The molecule has 0 saturated heterocycles. The van der Waals surface area contributed by atoms with Gasteiger partial charge in [0, 0.05) is 18.7 Å². The van der Waals surface area contributed by atoms with E-state index >= 15 is 0 Å². The van der Waals surface area contributed by atoms with Gasteiger partial charge in [0.05, 0.1) is 7.11 Å². The summed E-state index contributed by atoms with van der Waals surface area (Å²) < 4.78 is 5.10. The SMILES string of the molecule is COc1ccc(C(=O)N[C@@H](C(=O)N(C)C2CCCC2)C(C)C)cc1. The number of nitrogens with zero attached hydrogens (tertiary/aromatic N) is 1. The Morgan fingerprint density at radius 3 is 2.25 bits per heavy atom. The zero-order valence-electron chi connectivity index (χ0n) is 15.0. The van der Waals surface area contributed by atoms with Crippen LogP contribution in [0.3, 0.4) is 0 Å². The number of hydrogen-bond acceptors (Lipinski definition) is 3. The van der Waals surface area contributed by atoms with Gasteiger partial charge in [0.1, 0.15) is 11.8 Å². The molecule has 1 aromatic carbocycles. The second-order valence-corrected chi connectivity index (χ2v) is 6.81. The van der Waals surface area contributed by atoms with Crippen LogP contribution in [0.1, 0.15) is 49.9 Å². The molecule has 0 heterocycles. The molecule has 24 heavy (non-hydrogen) atoms. The minimum Gasteiger partial charge on any atom is -0.497 e. The van der Waals surface area contributed by atoms with E-state index in [0.29, 0.717) is 17.4 Å². The van der Waals surface area contributed by atoms with Crippen molar-refractivity contribution in [1.29, 1.82) is 0 Å². The van der Waals surface area contributed by atoms with E-state index in [0.717, 1.165) is 12.8 Å². The fourth-order valence-corrected chi connectivity index (χ4v) is 3.17. The van der Waals surface area contributed by atoms with E-state index in [1.807, 2.05) is 25.8 Å². The fourth-order valence-electron chi connectivity index (χ4n) is 3.17. The van der Waals surface area contributed by atoms with Gasteiger partial charge in [0.15, 0.2) is 0 Å². The monoisotopic (exact) mass is 332 g/mol. The van der Waals surface area contributed by atoms with E-state index in [1.165, 1.54) is 12.8 Å². The molecule has 0 bridgehead atoms. The molecule has 132 valence electrons. The van der Waals surface area contributed by atoms with Crippen LogP contribution in [-0.4, -0.2) is 43.0 Å². The minimum atomic E-state index is -0.509. The average molecular weight is 332 g/mol. The van der Waals surface area contributed by atoms with E-state index in [2.05, 4.69) is 5.32 Å². The molecular formula is C19H28N2O3. The Morgan fingerprint density at radius 2 is 1.75 bits per heavy atom. The first-order chi connectivity index (χ1) is 11.4. The summed E-state index contributed by atoms with van der Waals surface area (Å²) in [6, 6.07) is 6.69. The van der Waals surface area contributed by atoms with Crippen LogP contribution in [0.4, 0.5) is 0 Å². The Morgan fingerprint density at radius 1 is 1.17 bits per heavy atom. The summed E-state index contributed by atoms with van der Waals surface area (Å²) in [6.07, 6.45) is 4.46. The number of amides is 2. The molecule has 1 aliphatic carbocycles. The second kappa shape index (κ2) is 8.18. The number of hydrogen-bond donors (Lipinski definition) is 1. The van der Waals surface area contributed by atoms with Gasteiger partial charge in [0.25, 0.3) is 5.91 Å². The predicted molar refractivity (Wildman–Crippen MR) is 94.1 cm³/mol. The number of benzene rings is 1. The molecule has 0 aliphatic heterocycles. The van der Waals surface area contributed by atoms with Gasteiger partial charge in [-0.25, -0.2) is 0 Å². The van der Waals surface area contributed by atoms with Crippen molar-refractivity contribution >= 4 is 11.8 Å². The van der Waals surface area contributed by atoms with Crippen molar-refractivity contribution in [2.24, 2.45) is 5.92 Å². The van der Waals surface area contributed by atoms with Gasteiger partial charge in [-0.05, 0) is 43.0 Å². The lowest BCUT2D eigenvalue weighted by atomic mass is 10.0. The smallest absolute Gasteiger partial charge is 0.251 e. The predicted octanol–water partition coefficient (Wildman–Crippen LogP) is 2.85. The summed E-state index contributed by atoms with van der Waals surface area (Å²) in [5, 5.41) is 2.90. The van der Waals surface area contributed by atoms with E-state index in [-0.39, 0.29) is 17.7 Å². The molecule has 5 heteroatoms. The number of ether oxygens (including phenoxy) is 1. The Labute approximate surface area is 144 Å². The van der Waals surface area contributed by atoms with Crippen molar-refractivity contribution in [3.8, 4) is 5.75 Å². The number of carbonyl (C=O) groups excluding carboxylic acids is 2. The molecule has 0 unspecified atom stereocenters. The lowest BCUT2D eigenvalue weighted by molar-refractivity contribution is -0.135. The third kappa shape index (κ3) is 4.28. The van der Waals surface area contributed by atoms with Crippen molar-refractivity contribution in [2.75, 3.05) is 14.2 Å². The minimum absolute atomic E-state index is 0.00115. The van der Waals surface area contributed by atoms with Crippen molar-refractivity contribution in [3.63, 3.8) is 0 Å². The Hall–Kier alpha value is -2.04. The van der Waals surface area contributed by atoms with Gasteiger partial charge in [-0.1, -0.05) is 26.7 Å². The van der Waals surface area contributed by atoms with Crippen LogP contribution >= 0.6 is 0 Å². The molecule has 2 rings (SSSR count). The lowest BCUT2D eigenvalue weighted by Crippen LogP contribution is -2.52. The highest BCUT2D eigenvalue weighted by Gasteiger charge is 2.31. The van der Waals surface area contributed by atoms with Crippen LogP contribution in [0.15, 0.2) is 24.3 Å². The van der Waals surface area contributed by atoms with E-state index < -0.39 is 6.04 Å². The molecule has 1 saturated carbocycles. The van der Waals surface area contributed by atoms with Crippen LogP contribution in [-0.2, 0) is 4.79 Å². The largest absolute Gasteiger partial charge is 0.497 e. The molecular weight excluding hydrogens is 304 g/mol. The molecule has 0 radical (unpaired) electrons. The third-order valence-corrected chi connectivity index (χ3v) is 4.79. The number of rotatable bonds is 6. The number of carbonyl (C=O) groups is 2. The maximum atomic E-state index is 12.8. The summed E-state index contributed by atoms with van der Waals surface area (Å²) in [4.78, 5) is 27.1. The van der Waals surface area contributed by atoms with Crippen LogP contribution in [0.5, 0.6) is 5.75 Å². The maximum absolute atomic E-state index is 12.8. The van der Waals surface area contributed by atoms with Crippen LogP contribution < -0.4 is 10.1 Å². The number of nitrogens with one attached hydrogen (secondary N) is 1. The molecule has 1 atom stereocenters. The fraction of sp³-hybridized carbons (Fsp3) is 0.579. The van der Waals surface area contributed by atoms with Gasteiger partial charge in [-0.15, -0.1) is 0 Å². The van der Waals surface area contributed by atoms with Crippen molar-refractivity contribution in [1.82, 2.24) is 10.2 Å². The molecule has 5 nitrogen and oxygen atoms in total. The molecule has 1 N–H and O–H groups in total. The van der Waals surface area contributed by atoms with Gasteiger partial charge in [-0.2, -0.15) is 0 Å². The highest BCUT2D eigenvalue weighted by atomic mass is 16.5. The summed E-state index contributed by atoms with van der Waals surface area (Å²) in [5.74, 6) is 0.496. The van der Waals surface area contributed by atoms with Gasteiger partial charge in [0.2, 0.25) is 5.91 Å². The Kier molecular flexibility index (Phi) is 6.23. The second-order valence-electron chi connectivity index (χ2n) is 6.81. The highest BCUT2D eigenvalue weighted by Crippen LogP contribution is 2.23. The van der Waals surface area contributed by atoms with Crippen LogP contribution in [0.25, 0.3) is 0 Å². The molecule has 1 aliphatic rings.